The van der Waals surface area contributed by atoms with Crippen LogP contribution in [0.5, 0.6) is 5.75 Å². The molecule has 0 aromatic heterocycles. The van der Waals surface area contributed by atoms with Crippen LogP contribution in [0, 0.1) is 0 Å². The van der Waals surface area contributed by atoms with Gasteiger partial charge >= 0.3 is 12.4 Å². The molecule has 1 aromatic rings. The molecule has 0 amide bonds. The van der Waals surface area contributed by atoms with E-state index in [1.54, 1.807) is 0 Å². The van der Waals surface area contributed by atoms with Crippen molar-refractivity contribution < 1.29 is 35.3 Å². The van der Waals surface area contributed by atoms with Crippen LogP contribution in [0.15, 0.2) is 28.7 Å². The molecule has 1 rings (SSSR count). The number of ether oxygens (including phenoxy) is 1. The summed E-state index contributed by atoms with van der Waals surface area (Å²) in [6.45, 7) is 4.55. The number of nitrogens with zero attached hydrogens (tertiary/aromatic N) is 1. The van der Waals surface area contributed by atoms with Gasteiger partial charge in [0.25, 0.3) is 0 Å². The minimum atomic E-state index is -4.79. The van der Waals surface area contributed by atoms with Crippen molar-refractivity contribution in [2.24, 2.45) is 4.40 Å². The number of hydrogen-bond donors (Lipinski definition) is 0. The molecular weight excluding hydrogens is 396 g/mol. The zero-order chi connectivity index (χ0) is 20.9. The third kappa shape index (κ3) is 8.77. The molecule has 0 bridgehead atoms. The molecule has 0 aliphatic carbocycles. The SMILES string of the molecule is CC(C)(C)[S@@](=O)N=C(c1ccc(OCCCCC(F)(F)F)cc1)C(F)(F)F. The summed E-state index contributed by atoms with van der Waals surface area (Å²) < 4.78 is 95.4. The van der Waals surface area contributed by atoms with Crippen LogP contribution in [0.2, 0.25) is 0 Å². The molecule has 0 fully saturated rings. The largest absolute Gasteiger partial charge is 0.494 e. The van der Waals surface area contributed by atoms with E-state index < -0.39 is 40.2 Å². The van der Waals surface area contributed by atoms with Gasteiger partial charge < -0.3 is 4.74 Å². The van der Waals surface area contributed by atoms with Crippen molar-refractivity contribution in [3.8, 4) is 5.75 Å². The van der Waals surface area contributed by atoms with Gasteiger partial charge in [0.2, 0.25) is 0 Å². The average Bonchev–Trinajstić information content (AvgIpc) is 2.49. The normalized spacial score (nSPS) is 14.9. The lowest BCUT2D eigenvalue weighted by Gasteiger charge is -2.17. The summed E-state index contributed by atoms with van der Waals surface area (Å²) in [5.74, 6) is 0.226. The predicted molar refractivity (Wildman–Crippen MR) is 92.3 cm³/mol. The molecular formula is C17H21F6NO2S. The second-order valence-corrected chi connectivity index (χ2v) is 8.65. The van der Waals surface area contributed by atoms with E-state index in [1.165, 1.54) is 32.9 Å². The first-order valence-electron chi connectivity index (χ1n) is 8.08. The highest BCUT2D eigenvalue weighted by atomic mass is 32.2. The Morgan fingerprint density at radius 2 is 1.56 bits per heavy atom. The lowest BCUT2D eigenvalue weighted by Crippen LogP contribution is -2.28. The smallest absolute Gasteiger partial charge is 0.434 e. The van der Waals surface area contributed by atoms with Gasteiger partial charge in [-0.05, 0) is 57.9 Å². The van der Waals surface area contributed by atoms with Crippen molar-refractivity contribution in [1.29, 1.82) is 0 Å². The summed E-state index contributed by atoms with van der Waals surface area (Å²) in [7, 11) is -2.09. The molecule has 0 aliphatic heterocycles. The second kappa shape index (κ2) is 9.07. The summed E-state index contributed by atoms with van der Waals surface area (Å²) in [5, 5.41) is 0. The molecule has 1 aromatic carbocycles. The summed E-state index contributed by atoms with van der Waals surface area (Å²) in [6, 6.07) is 4.77. The fourth-order valence-corrected chi connectivity index (χ4v) is 2.46. The zero-order valence-corrected chi connectivity index (χ0v) is 15.9. The minimum Gasteiger partial charge on any atom is -0.494 e. The Kier molecular flexibility index (Phi) is 7.88. The van der Waals surface area contributed by atoms with Gasteiger partial charge in [-0.1, -0.05) is 0 Å². The van der Waals surface area contributed by atoms with Gasteiger partial charge in [0.05, 0.1) is 11.4 Å². The van der Waals surface area contributed by atoms with Crippen LogP contribution >= 0.6 is 0 Å². The van der Waals surface area contributed by atoms with E-state index in [-0.39, 0.29) is 30.8 Å². The van der Waals surface area contributed by atoms with Crippen LogP contribution in [-0.2, 0) is 11.0 Å². The van der Waals surface area contributed by atoms with Crippen molar-refractivity contribution >= 4 is 16.7 Å². The average molecular weight is 417 g/mol. The van der Waals surface area contributed by atoms with Gasteiger partial charge in [0.15, 0.2) is 5.71 Å². The molecule has 1 atom stereocenters. The summed E-state index contributed by atoms with van der Waals surface area (Å²) >= 11 is 0. The van der Waals surface area contributed by atoms with E-state index in [1.807, 2.05) is 0 Å². The van der Waals surface area contributed by atoms with Crippen molar-refractivity contribution in [2.75, 3.05) is 6.61 Å². The van der Waals surface area contributed by atoms with E-state index in [4.69, 9.17) is 4.74 Å². The van der Waals surface area contributed by atoms with Crippen LogP contribution in [0.1, 0.15) is 45.6 Å². The number of alkyl halides is 6. The van der Waals surface area contributed by atoms with Crippen LogP contribution < -0.4 is 4.74 Å². The van der Waals surface area contributed by atoms with Crippen molar-refractivity contribution in [2.45, 2.75) is 57.1 Å². The Bertz CT molecular complexity index is 660. The molecule has 27 heavy (non-hydrogen) atoms. The van der Waals surface area contributed by atoms with Gasteiger partial charge in [-0.3, -0.25) is 0 Å². The molecule has 0 unspecified atom stereocenters. The van der Waals surface area contributed by atoms with E-state index in [0.29, 0.717) is 0 Å². The monoisotopic (exact) mass is 417 g/mol. The number of unbranched alkanes of at least 4 members (excludes halogenated alkanes) is 1. The maximum atomic E-state index is 13.3. The second-order valence-electron chi connectivity index (χ2n) is 6.74. The highest BCUT2D eigenvalue weighted by molar-refractivity contribution is 7.85. The Hall–Kier alpha value is -1.58. The highest BCUT2D eigenvalue weighted by Crippen LogP contribution is 2.27. The fourth-order valence-electron chi connectivity index (χ4n) is 1.81. The third-order valence-corrected chi connectivity index (χ3v) is 4.61. The number of halogens is 6. The quantitative estimate of drug-likeness (QED) is 0.329. The first-order chi connectivity index (χ1) is 12.2. The van der Waals surface area contributed by atoms with Crippen LogP contribution in [0.25, 0.3) is 0 Å². The standard InChI is InChI=1S/C17H21F6NO2S/c1-15(2,3)27(25)24-14(17(21,22)23)12-6-8-13(9-7-12)26-11-5-4-10-16(18,19)20/h6-9H,4-5,10-11H2,1-3H3/t27-/m1/s1. The molecule has 0 saturated heterocycles. The topological polar surface area (TPSA) is 38.7 Å². The Morgan fingerprint density at radius 3 is 2.00 bits per heavy atom. The van der Waals surface area contributed by atoms with Gasteiger partial charge in [0, 0.05) is 12.0 Å². The van der Waals surface area contributed by atoms with E-state index in [0.717, 1.165) is 12.1 Å². The van der Waals surface area contributed by atoms with E-state index in [2.05, 4.69) is 4.40 Å². The van der Waals surface area contributed by atoms with Gasteiger partial charge in [-0.15, -0.1) is 0 Å². The van der Waals surface area contributed by atoms with Crippen LogP contribution in [0.4, 0.5) is 26.3 Å². The molecule has 0 aliphatic rings. The minimum absolute atomic E-state index is 0.0175. The van der Waals surface area contributed by atoms with Gasteiger partial charge in [0.1, 0.15) is 16.7 Å². The zero-order valence-electron chi connectivity index (χ0n) is 15.1. The lowest BCUT2D eigenvalue weighted by atomic mass is 10.1. The maximum Gasteiger partial charge on any atom is 0.434 e. The lowest BCUT2D eigenvalue weighted by molar-refractivity contribution is -0.135. The molecule has 0 heterocycles. The van der Waals surface area contributed by atoms with E-state index in [9.17, 15) is 30.6 Å². The molecule has 154 valence electrons. The van der Waals surface area contributed by atoms with E-state index >= 15 is 0 Å². The van der Waals surface area contributed by atoms with Crippen molar-refractivity contribution in [1.82, 2.24) is 0 Å². The van der Waals surface area contributed by atoms with Crippen LogP contribution in [0.3, 0.4) is 0 Å². The molecule has 3 nitrogen and oxygen atoms in total. The fraction of sp³-hybridized carbons (Fsp3) is 0.588. The van der Waals surface area contributed by atoms with Crippen molar-refractivity contribution in [3.63, 3.8) is 0 Å². The molecule has 10 heteroatoms. The van der Waals surface area contributed by atoms with Crippen molar-refractivity contribution in [3.05, 3.63) is 29.8 Å². The number of benzene rings is 1. The maximum absolute atomic E-state index is 13.3. The number of rotatable bonds is 7. The molecule has 0 N–H and O–H groups in total. The van der Waals surface area contributed by atoms with Gasteiger partial charge in [-0.2, -0.15) is 30.7 Å². The molecule has 0 spiro atoms. The van der Waals surface area contributed by atoms with Crippen LogP contribution in [-0.4, -0.2) is 33.6 Å². The first-order valence-corrected chi connectivity index (χ1v) is 9.19. The Balaban J connectivity index is 2.79. The highest BCUT2D eigenvalue weighted by Gasteiger charge is 2.38. The summed E-state index contributed by atoms with van der Waals surface area (Å²) in [5.41, 5.74) is -1.53. The number of hydrogen-bond acceptors (Lipinski definition) is 2. The third-order valence-electron chi connectivity index (χ3n) is 3.22. The molecule has 0 saturated carbocycles. The Morgan fingerprint density at radius 1 is 1.00 bits per heavy atom. The first kappa shape index (κ1) is 23.5. The Labute approximate surface area is 156 Å². The molecule has 0 radical (unpaired) electrons. The predicted octanol–water partition coefficient (Wildman–Crippen LogP) is 5.61. The van der Waals surface area contributed by atoms with Gasteiger partial charge in [-0.25, -0.2) is 4.21 Å². The summed E-state index contributed by atoms with van der Waals surface area (Å²) in [4.78, 5) is 0. The summed E-state index contributed by atoms with van der Waals surface area (Å²) in [6.07, 6.45) is -9.85.